The molecule has 0 fully saturated rings. The lowest BCUT2D eigenvalue weighted by atomic mass is 9.99. The van der Waals surface area contributed by atoms with Crippen molar-refractivity contribution < 1.29 is 9.50 Å². The van der Waals surface area contributed by atoms with Crippen LogP contribution in [0, 0.1) is 5.82 Å². The van der Waals surface area contributed by atoms with Gasteiger partial charge in [0, 0.05) is 6.42 Å². The van der Waals surface area contributed by atoms with Crippen LogP contribution in [-0.4, -0.2) is 5.11 Å². The van der Waals surface area contributed by atoms with Gasteiger partial charge in [-0.15, -0.1) is 0 Å². The van der Waals surface area contributed by atoms with Gasteiger partial charge in [-0.1, -0.05) is 54.9 Å². The van der Waals surface area contributed by atoms with E-state index in [1.165, 1.54) is 11.6 Å². The van der Waals surface area contributed by atoms with E-state index in [1.54, 1.807) is 12.1 Å². The summed E-state index contributed by atoms with van der Waals surface area (Å²) in [5.41, 5.74) is 2.43. The van der Waals surface area contributed by atoms with E-state index in [9.17, 15) is 9.50 Å². The quantitative estimate of drug-likeness (QED) is 0.883. The lowest BCUT2D eigenvalue weighted by molar-refractivity contribution is 0.177. The van der Waals surface area contributed by atoms with E-state index in [2.05, 4.69) is 6.92 Å². The van der Waals surface area contributed by atoms with E-state index in [4.69, 9.17) is 11.6 Å². The van der Waals surface area contributed by atoms with E-state index >= 15 is 0 Å². The largest absolute Gasteiger partial charge is 0.388 e. The minimum absolute atomic E-state index is 0.0889. The number of hydrogen-bond donors (Lipinski definition) is 1. The van der Waals surface area contributed by atoms with Gasteiger partial charge in [0.2, 0.25) is 0 Å². The van der Waals surface area contributed by atoms with E-state index < -0.39 is 11.9 Å². The third-order valence-corrected chi connectivity index (χ3v) is 3.51. The second-order valence-corrected chi connectivity index (χ2v) is 4.94. The van der Waals surface area contributed by atoms with Crippen molar-refractivity contribution in [3.8, 4) is 0 Å². The SMILES string of the molecule is CCc1ccc(C(O)Cc2cccc(Cl)c2F)cc1. The molecule has 100 valence electrons. The zero-order chi connectivity index (χ0) is 13.8. The predicted molar refractivity (Wildman–Crippen MR) is 75.9 cm³/mol. The maximum Gasteiger partial charge on any atom is 0.145 e. The summed E-state index contributed by atoms with van der Waals surface area (Å²) in [6, 6.07) is 12.6. The summed E-state index contributed by atoms with van der Waals surface area (Å²) < 4.78 is 13.8. The molecule has 2 aromatic rings. The van der Waals surface area contributed by atoms with Crippen molar-refractivity contribution in [2.24, 2.45) is 0 Å². The van der Waals surface area contributed by atoms with Gasteiger partial charge in [0.25, 0.3) is 0 Å². The monoisotopic (exact) mass is 278 g/mol. The Balaban J connectivity index is 2.15. The molecule has 0 spiro atoms. The van der Waals surface area contributed by atoms with Crippen molar-refractivity contribution >= 4 is 11.6 Å². The van der Waals surface area contributed by atoms with Crippen LogP contribution in [0.1, 0.15) is 29.7 Å². The van der Waals surface area contributed by atoms with Crippen LogP contribution in [0.4, 0.5) is 4.39 Å². The minimum atomic E-state index is -0.723. The second-order valence-electron chi connectivity index (χ2n) is 4.53. The molecule has 0 amide bonds. The number of hydrogen-bond acceptors (Lipinski definition) is 1. The topological polar surface area (TPSA) is 20.2 Å². The van der Waals surface area contributed by atoms with Crippen molar-refractivity contribution in [2.45, 2.75) is 25.9 Å². The summed E-state index contributed by atoms with van der Waals surface area (Å²) in [6.07, 6.45) is 0.454. The highest BCUT2D eigenvalue weighted by Gasteiger charge is 2.13. The Morgan fingerprint density at radius 3 is 2.47 bits per heavy atom. The Morgan fingerprint density at radius 2 is 1.84 bits per heavy atom. The Labute approximate surface area is 117 Å². The molecule has 3 heteroatoms. The van der Waals surface area contributed by atoms with E-state index in [0.29, 0.717) is 5.56 Å². The number of aliphatic hydroxyl groups excluding tert-OH is 1. The summed E-state index contributed by atoms with van der Waals surface area (Å²) in [5.74, 6) is -0.451. The summed E-state index contributed by atoms with van der Waals surface area (Å²) in [6.45, 7) is 2.08. The molecule has 0 aliphatic heterocycles. The van der Waals surface area contributed by atoms with E-state index in [1.807, 2.05) is 24.3 Å². The lowest BCUT2D eigenvalue weighted by Gasteiger charge is -2.12. The zero-order valence-corrected chi connectivity index (χ0v) is 11.5. The van der Waals surface area contributed by atoms with Gasteiger partial charge in [-0.2, -0.15) is 0 Å². The molecule has 0 aromatic heterocycles. The van der Waals surface area contributed by atoms with Crippen LogP contribution < -0.4 is 0 Å². The van der Waals surface area contributed by atoms with Gasteiger partial charge in [-0.3, -0.25) is 0 Å². The van der Waals surface area contributed by atoms with Crippen LogP contribution >= 0.6 is 11.6 Å². The van der Waals surface area contributed by atoms with Crippen molar-refractivity contribution in [3.63, 3.8) is 0 Å². The average molecular weight is 279 g/mol. The van der Waals surface area contributed by atoms with Gasteiger partial charge in [-0.05, 0) is 29.2 Å². The van der Waals surface area contributed by atoms with Gasteiger partial charge in [0.05, 0.1) is 11.1 Å². The summed E-state index contributed by atoms with van der Waals surface area (Å²) in [4.78, 5) is 0. The number of halogens is 2. The molecule has 1 nitrogen and oxygen atoms in total. The van der Waals surface area contributed by atoms with E-state index in [-0.39, 0.29) is 11.4 Å². The van der Waals surface area contributed by atoms with Crippen LogP contribution in [0.3, 0.4) is 0 Å². The number of rotatable bonds is 4. The summed E-state index contributed by atoms with van der Waals surface area (Å²) in [7, 11) is 0. The number of benzene rings is 2. The molecule has 0 aliphatic rings. The summed E-state index contributed by atoms with van der Waals surface area (Å²) >= 11 is 5.73. The number of aliphatic hydroxyl groups is 1. The average Bonchev–Trinajstić information content (AvgIpc) is 2.44. The fourth-order valence-corrected chi connectivity index (χ4v) is 2.20. The van der Waals surface area contributed by atoms with E-state index in [0.717, 1.165) is 12.0 Å². The molecule has 19 heavy (non-hydrogen) atoms. The highest BCUT2D eigenvalue weighted by Crippen LogP contribution is 2.24. The molecule has 2 rings (SSSR count). The van der Waals surface area contributed by atoms with Crippen molar-refractivity contribution in [1.29, 1.82) is 0 Å². The van der Waals surface area contributed by atoms with Crippen molar-refractivity contribution in [3.05, 3.63) is 70.0 Å². The number of aryl methyl sites for hydroxylation is 1. The minimum Gasteiger partial charge on any atom is -0.388 e. The maximum atomic E-state index is 13.8. The smallest absolute Gasteiger partial charge is 0.145 e. The molecular formula is C16H16ClFO. The van der Waals surface area contributed by atoms with Crippen LogP contribution in [-0.2, 0) is 12.8 Å². The predicted octanol–water partition coefficient (Wildman–Crippen LogP) is 4.32. The molecule has 1 unspecified atom stereocenters. The first kappa shape index (κ1) is 14.0. The molecule has 0 aliphatic carbocycles. The highest BCUT2D eigenvalue weighted by molar-refractivity contribution is 6.30. The molecule has 0 radical (unpaired) electrons. The fourth-order valence-electron chi connectivity index (χ4n) is 2.01. The summed E-state index contributed by atoms with van der Waals surface area (Å²) in [5, 5.41) is 10.2. The molecule has 0 heterocycles. The molecule has 0 saturated heterocycles. The van der Waals surface area contributed by atoms with Crippen LogP contribution in [0.15, 0.2) is 42.5 Å². The van der Waals surface area contributed by atoms with Gasteiger partial charge in [0.15, 0.2) is 0 Å². The first-order chi connectivity index (χ1) is 9.11. The van der Waals surface area contributed by atoms with Crippen molar-refractivity contribution in [1.82, 2.24) is 0 Å². The maximum absolute atomic E-state index is 13.8. The third kappa shape index (κ3) is 3.34. The fraction of sp³-hybridized carbons (Fsp3) is 0.250. The molecule has 1 N–H and O–H groups in total. The standard InChI is InChI=1S/C16H16ClFO/c1-2-11-6-8-12(9-7-11)15(19)10-13-4-3-5-14(17)16(13)18/h3-9,15,19H,2,10H2,1H3. The molecule has 0 bridgehead atoms. The Bertz CT molecular complexity index is 551. The first-order valence-corrected chi connectivity index (χ1v) is 6.69. The second kappa shape index (κ2) is 6.18. The first-order valence-electron chi connectivity index (χ1n) is 6.31. The van der Waals surface area contributed by atoms with Gasteiger partial charge in [0.1, 0.15) is 5.82 Å². The third-order valence-electron chi connectivity index (χ3n) is 3.22. The Hall–Kier alpha value is -1.38. The molecule has 0 saturated carbocycles. The van der Waals surface area contributed by atoms with Crippen LogP contribution in [0.25, 0.3) is 0 Å². The Kier molecular flexibility index (Phi) is 4.56. The van der Waals surface area contributed by atoms with Gasteiger partial charge < -0.3 is 5.11 Å². The van der Waals surface area contributed by atoms with Crippen molar-refractivity contribution in [2.75, 3.05) is 0 Å². The van der Waals surface area contributed by atoms with Crippen LogP contribution in [0.2, 0.25) is 5.02 Å². The highest BCUT2D eigenvalue weighted by atomic mass is 35.5. The lowest BCUT2D eigenvalue weighted by Crippen LogP contribution is -2.04. The normalized spacial score (nSPS) is 12.4. The Morgan fingerprint density at radius 1 is 1.16 bits per heavy atom. The van der Waals surface area contributed by atoms with Gasteiger partial charge >= 0.3 is 0 Å². The van der Waals surface area contributed by atoms with Crippen LogP contribution in [0.5, 0.6) is 0 Å². The zero-order valence-electron chi connectivity index (χ0n) is 10.7. The molecule has 1 atom stereocenters. The molecule has 2 aromatic carbocycles. The van der Waals surface area contributed by atoms with Gasteiger partial charge in [-0.25, -0.2) is 4.39 Å². The molecular weight excluding hydrogens is 263 g/mol.